The second kappa shape index (κ2) is 9.02. The summed E-state index contributed by atoms with van der Waals surface area (Å²) < 4.78 is 0. The summed E-state index contributed by atoms with van der Waals surface area (Å²) in [5, 5.41) is 8.73. The van der Waals surface area contributed by atoms with Crippen LogP contribution in [0.3, 0.4) is 0 Å². The summed E-state index contributed by atoms with van der Waals surface area (Å²) in [5.41, 5.74) is 0. The molecule has 0 aliphatic heterocycles. The predicted octanol–water partition coefficient (Wildman–Crippen LogP) is 2.67. The molecule has 0 spiro atoms. The molecule has 1 N–H and O–H groups in total. The van der Waals surface area contributed by atoms with E-state index in [0.717, 1.165) is 19.3 Å². The Morgan fingerprint density at radius 2 is 1.71 bits per heavy atom. The van der Waals surface area contributed by atoms with Crippen LogP contribution < -0.4 is 0 Å². The lowest BCUT2D eigenvalue weighted by Gasteiger charge is -2.24. The maximum Gasteiger partial charge on any atom is 0.323 e. The summed E-state index contributed by atoms with van der Waals surface area (Å²) in [6.07, 6.45) is 5.93. The third kappa shape index (κ3) is 7.77. The van der Waals surface area contributed by atoms with Crippen LogP contribution in [0, 0.1) is 0 Å². The van der Waals surface area contributed by atoms with E-state index in [-0.39, 0.29) is 18.5 Å². The number of carboxylic acids is 1. The monoisotopic (exact) mass is 243 g/mol. The Balaban J connectivity index is 3.94. The topological polar surface area (TPSA) is 57.6 Å². The molecule has 0 aromatic carbocycles. The fourth-order valence-corrected chi connectivity index (χ4v) is 1.73. The van der Waals surface area contributed by atoms with E-state index in [4.69, 9.17) is 5.11 Å². The van der Waals surface area contributed by atoms with Crippen LogP contribution in [-0.2, 0) is 9.59 Å². The van der Waals surface area contributed by atoms with Gasteiger partial charge in [0.25, 0.3) is 0 Å². The number of carbonyl (C=O) groups excluding carboxylic acids is 1. The molecule has 0 bridgehead atoms. The van der Waals surface area contributed by atoms with Gasteiger partial charge in [0.15, 0.2) is 0 Å². The summed E-state index contributed by atoms with van der Waals surface area (Å²) in [6, 6.07) is -0.0470. The molecule has 0 saturated carbocycles. The molecule has 17 heavy (non-hydrogen) atoms. The fourth-order valence-electron chi connectivity index (χ4n) is 1.73. The van der Waals surface area contributed by atoms with Gasteiger partial charge in [-0.3, -0.25) is 9.59 Å². The number of amides is 1. The van der Waals surface area contributed by atoms with Gasteiger partial charge in [-0.25, -0.2) is 0 Å². The summed E-state index contributed by atoms with van der Waals surface area (Å²) in [4.78, 5) is 23.9. The summed E-state index contributed by atoms with van der Waals surface area (Å²) in [6.45, 7) is 5.65. The summed E-state index contributed by atoms with van der Waals surface area (Å²) >= 11 is 0. The van der Waals surface area contributed by atoms with Crippen LogP contribution in [0.25, 0.3) is 0 Å². The van der Waals surface area contributed by atoms with Crippen molar-refractivity contribution < 1.29 is 14.7 Å². The Bertz CT molecular complexity index is 239. The van der Waals surface area contributed by atoms with Gasteiger partial charge in [0, 0.05) is 12.5 Å². The molecular weight excluding hydrogens is 218 g/mol. The molecule has 4 nitrogen and oxygen atoms in total. The van der Waals surface area contributed by atoms with Crippen LogP contribution >= 0.6 is 0 Å². The number of unbranched alkanes of at least 4 members (excludes halogenated alkanes) is 4. The van der Waals surface area contributed by atoms with Gasteiger partial charge >= 0.3 is 5.97 Å². The van der Waals surface area contributed by atoms with Gasteiger partial charge in [0.2, 0.25) is 5.91 Å². The Morgan fingerprint density at radius 3 is 2.18 bits per heavy atom. The van der Waals surface area contributed by atoms with Crippen molar-refractivity contribution in [2.24, 2.45) is 0 Å². The minimum Gasteiger partial charge on any atom is -0.480 e. The zero-order valence-electron chi connectivity index (χ0n) is 11.2. The quantitative estimate of drug-likeness (QED) is 0.633. The fraction of sp³-hybridized carbons (Fsp3) is 0.846. The van der Waals surface area contributed by atoms with Crippen molar-refractivity contribution in [2.75, 3.05) is 6.54 Å². The van der Waals surface area contributed by atoms with Crippen LogP contribution in [-0.4, -0.2) is 34.5 Å². The molecule has 0 rings (SSSR count). The van der Waals surface area contributed by atoms with Crippen molar-refractivity contribution in [3.05, 3.63) is 0 Å². The van der Waals surface area contributed by atoms with E-state index in [0.29, 0.717) is 6.42 Å². The van der Waals surface area contributed by atoms with Gasteiger partial charge in [-0.1, -0.05) is 32.6 Å². The Morgan fingerprint density at radius 1 is 1.12 bits per heavy atom. The van der Waals surface area contributed by atoms with Gasteiger partial charge in [0.05, 0.1) is 0 Å². The Kier molecular flexibility index (Phi) is 8.46. The predicted molar refractivity (Wildman–Crippen MR) is 67.9 cm³/mol. The molecule has 0 aromatic rings. The summed E-state index contributed by atoms with van der Waals surface area (Å²) in [5.74, 6) is -0.989. The van der Waals surface area contributed by atoms with Crippen molar-refractivity contribution in [3.8, 4) is 0 Å². The largest absolute Gasteiger partial charge is 0.480 e. The van der Waals surface area contributed by atoms with E-state index in [2.05, 4.69) is 6.92 Å². The van der Waals surface area contributed by atoms with Gasteiger partial charge in [-0.2, -0.15) is 0 Å². The van der Waals surface area contributed by atoms with Crippen molar-refractivity contribution in [1.82, 2.24) is 4.90 Å². The highest BCUT2D eigenvalue weighted by Gasteiger charge is 2.18. The first-order valence-corrected chi connectivity index (χ1v) is 6.50. The van der Waals surface area contributed by atoms with E-state index in [1.807, 2.05) is 13.8 Å². The van der Waals surface area contributed by atoms with E-state index < -0.39 is 5.97 Å². The zero-order valence-corrected chi connectivity index (χ0v) is 11.2. The molecule has 0 fully saturated rings. The zero-order chi connectivity index (χ0) is 13.3. The highest BCUT2D eigenvalue weighted by atomic mass is 16.4. The van der Waals surface area contributed by atoms with Gasteiger partial charge in [-0.05, 0) is 20.3 Å². The number of hydrogen-bond donors (Lipinski definition) is 1. The molecule has 0 radical (unpaired) electrons. The molecule has 0 atom stereocenters. The first-order valence-electron chi connectivity index (χ1n) is 6.50. The third-order valence-corrected chi connectivity index (χ3v) is 2.74. The van der Waals surface area contributed by atoms with E-state index in [1.165, 1.54) is 17.7 Å². The van der Waals surface area contributed by atoms with Crippen LogP contribution in [0.4, 0.5) is 0 Å². The standard InChI is InChI=1S/C13H25NO3/c1-4-5-6-7-8-9-12(15)14(11(2)3)10-13(16)17/h11H,4-10H2,1-3H3,(H,16,17). The number of nitrogens with zero attached hydrogens (tertiary/aromatic N) is 1. The average molecular weight is 243 g/mol. The molecular formula is C13H25NO3. The smallest absolute Gasteiger partial charge is 0.323 e. The lowest BCUT2D eigenvalue weighted by atomic mass is 10.1. The molecule has 4 heteroatoms. The first-order chi connectivity index (χ1) is 7.99. The maximum atomic E-state index is 11.8. The molecule has 0 aromatic heterocycles. The second-order valence-electron chi connectivity index (χ2n) is 4.67. The molecule has 1 amide bonds. The SMILES string of the molecule is CCCCCCCC(=O)N(CC(=O)O)C(C)C. The normalized spacial score (nSPS) is 10.6. The lowest BCUT2D eigenvalue weighted by molar-refractivity contribution is -0.145. The van der Waals surface area contributed by atoms with E-state index in [1.54, 1.807) is 0 Å². The van der Waals surface area contributed by atoms with Crippen LogP contribution in [0.2, 0.25) is 0 Å². The second-order valence-corrected chi connectivity index (χ2v) is 4.67. The van der Waals surface area contributed by atoms with Crippen molar-refractivity contribution in [2.45, 2.75) is 65.3 Å². The number of carboxylic acid groups (broad SMARTS) is 1. The number of rotatable bonds is 9. The van der Waals surface area contributed by atoms with Crippen LogP contribution in [0.5, 0.6) is 0 Å². The molecule has 0 saturated heterocycles. The summed E-state index contributed by atoms with van der Waals surface area (Å²) in [7, 11) is 0. The van der Waals surface area contributed by atoms with Crippen LogP contribution in [0.1, 0.15) is 59.3 Å². The third-order valence-electron chi connectivity index (χ3n) is 2.74. The van der Waals surface area contributed by atoms with Gasteiger partial charge in [0.1, 0.15) is 6.54 Å². The number of aliphatic carboxylic acids is 1. The highest BCUT2D eigenvalue weighted by Crippen LogP contribution is 2.08. The highest BCUT2D eigenvalue weighted by molar-refractivity contribution is 5.81. The minimum absolute atomic E-state index is 0.0427. The maximum absolute atomic E-state index is 11.8. The van der Waals surface area contributed by atoms with Gasteiger partial charge in [-0.15, -0.1) is 0 Å². The van der Waals surface area contributed by atoms with Crippen molar-refractivity contribution >= 4 is 11.9 Å². The Hall–Kier alpha value is -1.06. The number of carbonyl (C=O) groups is 2. The minimum atomic E-state index is -0.946. The molecule has 100 valence electrons. The van der Waals surface area contributed by atoms with E-state index >= 15 is 0 Å². The molecule has 0 unspecified atom stereocenters. The molecule has 0 aliphatic carbocycles. The van der Waals surface area contributed by atoms with Crippen LogP contribution in [0.15, 0.2) is 0 Å². The lowest BCUT2D eigenvalue weighted by Crippen LogP contribution is -2.40. The van der Waals surface area contributed by atoms with Crippen molar-refractivity contribution in [1.29, 1.82) is 0 Å². The number of hydrogen-bond acceptors (Lipinski definition) is 2. The first kappa shape index (κ1) is 15.9. The average Bonchev–Trinajstić information content (AvgIpc) is 2.24. The van der Waals surface area contributed by atoms with Crippen molar-refractivity contribution in [3.63, 3.8) is 0 Å². The molecule has 0 heterocycles. The molecule has 0 aliphatic rings. The Labute approximate surface area is 104 Å². The van der Waals surface area contributed by atoms with E-state index in [9.17, 15) is 9.59 Å². The van der Waals surface area contributed by atoms with Gasteiger partial charge < -0.3 is 10.0 Å².